The minimum atomic E-state index is -1.73. The maximum absolute atomic E-state index is 6.30. The zero-order chi connectivity index (χ0) is 15.7. The second-order valence-electron chi connectivity index (χ2n) is 7.23. The van der Waals surface area contributed by atoms with E-state index in [1.54, 1.807) is 4.73 Å². The summed E-state index contributed by atoms with van der Waals surface area (Å²) in [6.07, 6.45) is 4.11. The van der Waals surface area contributed by atoms with E-state index >= 15 is 0 Å². The van der Waals surface area contributed by atoms with Crippen LogP contribution in [0.15, 0.2) is 36.7 Å². The molecule has 1 atom stereocenters. The maximum Gasteiger partial charge on any atom is 0.192 e. The van der Waals surface area contributed by atoms with Gasteiger partial charge in [-0.3, -0.25) is 0 Å². The van der Waals surface area contributed by atoms with Gasteiger partial charge in [0.05, 0.1) is 18.5 Å². The molecule has 0 saturated carbocycles. The molecule has 0 bridgehead atoms. The normalized spacial score (nSPS) is 14.4. The van der Waals surface area contributed by atoms with Crippen LogP contribution < -0.4 is 4.84 Å². The molecule has 0 aliphatic heterocycles. The first-order valence-electron chi connectivity index (χ1n) is 7.57. The Bertz CT molecular complexity index is 565. The Labute approximate surface area is 129 Å². The Hall–Kier alpha value is -1.26. The highest BCUT2D eigenvalue weighted by Crippen LogP contribution is 2.37. The topological polar surface area (TPSA) is 23.4 Å². The Balaban J connectivity index is 1.93. The first kappa shape index (κ1) is 16.1. The van der Waals surface area contributed by atoms with Gasteiger partial charge < -0.3 is 9.26 Å². The number of hydrogen-bond donors (Lipinski definition) is 0. The Kier molecular flexibility index (Phi) is 4.49. The highest BCUT2D eigenvalue weighted by molar-refractivity contribution is 6.74. The predicted octanol–water partition coefficient (Wildman–Crippen LogP) is 4.48. The van der Waals surface area contributed by atoms with Crippen LogP contribution in [0.2, 0.25) is 18.1 Å². The first-order valence-corrected chi connectivity index (χ1v) is 10.5. The van der Waals surface area contributed by atoms with E-state index in [2.05, 4.69) is 52.9 Å². The van der Waals surface area contributed by atoms with E-state index in [4.69, 9.17) is 9.26 Å². The van der Waals surface area contributed by atoms with E-state index in [1.807, 2.05) is 24.5 Å². The SMILES string of the molecule is C[C@@H](COn1cc2ccccc2c1)O[Si](C)(C)C(C)(C)C. The van der Waals surface area contributed by atoms with Crippen LogP contribution in [-0.2, 0) is 4.43 Å². The summed E-state index contributed by atoms with van der Waals surface area (Å²) in [5, 5.41) is 2.61. The molecule has 0 aliphatic rings. The second-order valence-corrected chi connectivity index (χ2v) is 12.0. The lowest BCUT2D eigenvalue weighted by Gasteiger charge is -2.38. The molecule has 4 heteroatoms. The lowest BCUT2D eigenvalue weighted by atomic mass is 10.2. The van der Waals surface area contributed by atoms with Gasteiger partial charge in [0.2, 0.25) is 0 Å². The number of fused-ring (bicyclic) bond motifs is 1. The summed E-state index contributed by atoms with van der Waals surface area (Å²) in [6.45, 7) is 14.0. The number of aromatic nitrogens is 1. The minimum absolute atomic E-state index is 0.0939. The molecule has 2 aromatic rings. The Morgan fingerprint density at radius 2 is 1.62 bits per heavy atom. The van der Waals surface area contributed by atoms with Crippen LogP contribution in [-0.4, -0.2) is 25.8 Å². The van der Waals surface area contributed by atoms with Crippen molar-refractivity contribution in [2.75, 3.05) is 6.61 Å². The van der Waals surface area contributed by atoms with Crippen molar-refractivity contribution in [3.63, 3.8) is 0 Å². The third-order valence-electron chi connectivity index (χ3n) is 4.29. The second kappa shape index (κ2) is 5.85. The first-order chi connectivity index (χ1) is 9.69. The maximum atomic E-state index is 6.30. The summed E-state index contributed by atoms with van der Waals surface area (Å²) >= 11 is 0. The summed E-state index contributed by atoms with van der Waals surface area (Å²) in [5.41, 5.74) is 0. The fourth-order valence-corrected chi connectivity index (χ4v) is 3.46. The average Bonchev–Trinajstić information content (AvgIpc) is 2.77. The van der Waals surface area contributed by atoms with E-state index in [0.717, 1.165) is 0 Å². The Morgan fingerprint density at radius 1 is 1.10 bits per heavy atom. The smallest absolute Gasteiger partial charge is 0.192 e. The molecular formula is C17H27NO2Si. The molecule has 1 heterocycles. The fraction of sp³-hybridized carbons (Fsp3) is 0.529. The zero-order valence-corrected chi connectivity index (χ0v) is 15.0. The summed E-state index contributed by atoms with van der Waals surface area (Å²) in [6, 6.07) is 8.25. The van der Waals surface area contributed by atoms with Crippen molar-refractivity contribution in [1.29, 1.82) is 0 Å². The third kappa shape index (κ3) is 3.89. The molecule has 0 N–H and O–H groups in total. The molecule has 116 valence electrons. The van der Waals surface area contributed by atoms with Gasteiger partial charge in [0.1, 0.15) is 6.61 Å². The molecule has 0 fully saturated rings. The van der Waals surface area contributed by atoms with Gasteiger partial charge in [0.25, 0.3) is 0 Å². The van der Waals surface area contributed by atoms with Crippen LogP contribution in [0, 0.1) is 0 Å². The molecule has 0 saturated heterocycles. The van der Waals surface area contributed by atoms with E-state index in [9.17, 15) is 0 Å². The number of rotatable bonds is 5. The highest BCUT2D eigenvalue weighted by atomic mass is 28.4. The van der Waals surface area contributed by atoms with Gasteiger partial charge in [-0.15, -0.1) is 0 Å². The molecule has 0 amide bonds. The van der Waals surface area contributed by atoms with Crippen LogP contribution in [0.25, 0.3) is 10.8 Å². The molecule has 3 nitrogen and oxygen atoms in total. The van der Waals surface area contributed by atoms with Crippen LogP contribution in [0.4, 0.5) is 0 Å². The van der Waals surface area contributed by atoms with Crippen molar-refractivity contribution >= 4 is 19.1 Å². The molecule has 21 heavy (non-hydrogen) atoms. The molecule has 1 aromatic heterocycles. The van der Waals surface area contributed by atoms with Crippen molar-refractivity contribution in [3.05, 3.63) is 36.7 Å². The summed E-state index contributed by atoms with van der Waals surface area (Å²) in [4.78, 5) is 5.83. The molecule has 0 unspecified atom stereocenters. The number of nitrogens with zero attached hydrogens (tertiary/aromatic N) is 1. The number of hydrogen-bond acceptors (Lipinski definition) is 2. The summed E-state index contributed by atoms with van der Waals surface area (Å²) < 4.78 is 8.09. The largest absolute Gasteiger partial charge is 0.412 e. The molecule has 1 aromatic carbocycles. The molecule has 0 aliphatic carbocycles. The van der Waals surface area contributed by atoms with E-state index in [-0.39, 0.29) is 11.1 Å². The van der Waals surface area contributed by atoms with Gasteiger partial charge in [-0.2, -0.15) is 4.73 Å². The average molecular weight is 305 g/mol. The van der Waals surface area contributed by atoms with Gasteiger partial charge >= 0.3 is 0 Å². The minimum Gasteiger partial charge on any atom is -0.412 e. The van der Waals surface area contributed by atoms with Gasteiger partial charge in [0, 0.05) is 10.8 Å². The number of benzene rings is 1. The van der Waals surface area contributed by atoms with E-state index in [1.165, 1.54) is 10.8 Å². The zero-order valence-electron chi connectivity index (χ0n) is 14.0. The predicted molar refractivity (Wildman–Crippen MR) is 91.1 cm³/mol. The molecular weight excluding hydrogens is 278 g/mol. The van der Waals surface area contributed by atoms with Crippen molar-refractivity contribution in [2.24, 2.45) is 0 Å². The van der Waals surface area contributed by atoms with E-state index < -0.39 is 8.32 Å². The standard InChI is InChI=1S/C17H27NO2Si/c1-14(20-21(5,6)17(2,3)4)13-19-18-11-15-9-7-8-10-16(15)12-18/h7-12,14H,13H2,1-6H3/t14-/m0/s1. The van der Waals surface area contributed by atoms with Crippen LogP contribution in [0.5, 0.6) is 0 Å². The van der Waals surface area contributed by atoms with Gasteiger partial charge in [-0.1, -0.05) is 45.0 Å². The summed E-state index contributed by atoms with van der Waals surface area (Å²) in [7, 11) is -1.73. The molecule has 0 spiro atoms. The van der Waals surface area contributed by atoms with Crippen molar-refractivity contribution in [3.8, 4) is 0 Å². The van der Waals surface area contributed by atoms with Gasteiger partial charge in [0.15, 0.2) is 8.32 Å². The monoisotopic (exact) mass is 305 g/mol. The molecule has 0 radical (unpaired) electrons. The Morgan fingerprint density at radius 3 is 2.10 bits per heavy atom. The lowest BCUT2D eigenvalue weighted by Crippen LogP contribution is -2.44. The van der Waals surface area contributed by atoms with Gasteiger partial charge in [-0.05, 0) is 25.1 Å². The third-order valence-corrected chi connectivity index (χ3v) is 8.89. The molecule has 2 rings (SSSR count). The van der Waals surface area contributed by atoms with Crippen molar-refractivity contribution in [1.82, 2.24) is 4.73 Å². The van der Waals surface area contributed by atoms with Crippen LogP contribution >= 0.6 is 0 Å². The van der Waals surface area contributed by atoms with E-state index in [0.29, 0.717) is 6.61 Å². The van der Waals surface area contributed by atoms with Crippen LogP contribution in [0.3, 0.4) is 0 Å². The fourth-order valence-electron chi connectivity index (χ4n) is 2.04. The quantitative estimate of drug-likeness (QED) is 0.760. The summed E-state index contributed by atoms with van der Waals surface area (Å²) in [5.74, 6) is 0. The van der Waals surface area contributed by atoms with Crippen molar-refractivity contribution < 1.29 is 9.26 Å². The van der Waals surface area contributed by atoms with Crippen molar-refractivity contribution in [2.45, 2.75) is 51.9 Å². The lowest BCUT2D eigenvalue weighted by molar-refractivity contribution is 0.0409. The van der Waals surface area contributed by atoms with Gasteiger partial charge in [-0.25, -0.2) is 0 Å². The van der Waals surface area contributed by atoms with Crippen LogP contribution in [0.1, 0.15) is 27.7 Å². The highest BCUT2D eigenvalue weighted by Gasteiger charge is 2.38.